The smallest absolute Gasteiger partial charge is 0.149 e. The second kappa shape index (κ2) is 5.08. The largest absolute Gasteiger partial charge is 0.367 e. The van der Waals surface area contributed by atoms with Crippen LogP contribution in [-0.4, -0.2) is 19.1 Å². The summed E-state index contributed by atoms with van der Waals surface area (Å²) in [6.45, 7) is 0.548. The van der Waals surface area contributed by atoms with Crippen molar-refractivity contribution in [1.29, 1.82) is 0 Å². The molecule has 0 aliphatic heterocycles. The number of hydrogen-bond donors (Lipinski definition) is 1. The van der Waals surface area contributed by atoms with Crippen LogP contribution in [-0.2, 0) is 6.54 Å². The predicted octanol–water partition coefficient (Wildman–Crippen LogP) is 3.21. The van der Waals surface area contributed by atoms with Crippen molar-refractivity contribution >= 4 is 5.69 Å². The van der Waals surface area contributed by atoms with E-state index in [0.717, 1.165) is 19.3 Å². The van der Waals surface area contributed by atoms with Crippen LogP contribution < -0.4 is 10.2 Å². The molecule has 2 aliphatic rings. The maximum Gasteiger partial charge on any atom is 0.149 e. The Morgan fingerprint density at radius 1 is 1.16 bits per heavy atom. The Bertz CT molecular complexity index is 444. The minimum absolute atomic E-state index is 0.125. The van der Waals surface area contributed by atoms with Gasteiger partial charge in [-0.25, -0.2) is 8.78 Å². The van der Waals surface area contributed by atoms with Crippen molar-refractivity contribution in [2.24, 2.45) is 0 Å². The number of nitrogens with one attached hydrogen (secondary N) is 1. The van der Waals surface area contributed by atoms with Crippen LogP contribution in [0.4, 0.5) is 14.5 Å². The van der Waals surface area contributed by atoms with Gasteiger partial charge in [-0.05, 0) is 49.8 Å². The monoisotopic (exact) mass is 266 g/mol. The van der Waals surface area contributed by atoms with Gasteiger partial charge in [-0.1, -0.05) is 0 Å². The first-order chi connectivity index (χ1) is 9.15. The molecule has 0 unspecified atom stereocenters. The average molecular weight is 266 g/mol. The second-order valence-electron chi connectivity index (χ2n) is 5.76. The van der Waals surface area contributed by atoms with Gasteiger partial charge in [-0.2, -0.15) is 0 Å². The molecule has 3 rings (SSSR count). The van der Waals surface area contributed by atoms with Crippen LogP contribution in [0.15, 0.2) is 12.1 Å². The van der Waals surface area contributed by atoms with Crippen molar-refractivity contribution in [3.8, 4) is 0 Å². The molecular formula is C15H20F2N2. The van der Waals surface area contributed by atoms with Gasteiger partial charge in [0.1, 0.15) is 17.3 Å². The number of nitrogens with zero attached hydrogens (tertiary/aromatic N) is 1. The molecule has 0 aromatic heterocycles. The fourth-order valence-corrected chi connectivity index (χ4v) is 2.56. The van der Waals surface area contributed by atoms with E-state index in [4.69, 9.17) is 0 Å². The summed E-state index contributed by atoms with van der Waals surface area (Å²) in [5.41, 5.74) is 0.813. The molecule has 0 saturated heterocycles. The molecule has 0 bridgehead atoms. The highest BCUT2D eigenvalue weighted by Gasteiger charge is 2.27. The van der Waals surface area contributed by atoms with Gasteiger partial charge in [0.2, 0.25) is 0 Å². The summed E-state index contributed by atoms with van der Waals surface area (Å²) >= 11 is 0. The molecule has 2 saturated carbocycles. The summed E-state index contributed by atoms with van der Waals surface area (Å²) < 4.78 is 28.2. The summed E-state index contributed by atoms with van der Waals surface area (Å²) in [5.74, 6) is -0.885. The van der Waals surface area contributed by atoms with Crippen LogP contribution in [0, 0.1) is 11.6 Å². The van der Waals surface area contributed by atoms with E-state index >= 15 is 0 Å². The zero-order valence-corrected chi connectivity index (χ0v) is 11.3. The van der Waals surface area contributed by atoms with E-state index in [0.29, 0.717) is 24.2 Å². The van der Waals surface area contributed by atoms with Crippen molar-refractivity contribution in [2.75, 3.05) is 11.9 Å². The Hall–Kier alpha value is -1.16. The van der Waals surface area contributed by atoms with E-state index in [1.807, 2.05) is 0 Å². The van der Waals surface area contributed by atoms with Gasteiger partial charge >= 0.3 is 0 Å². The van der Waals surface area contributed by atoms with Crippen LogP contribution in [0.3, 0.4) is 0 Å². The van der Waals surface area contributed by atoms with E-state index in [-0.39, 0.29) is 5.69 Å². The minimum atomic E-state index is -0.443. The highest BCUT2D eigenvalue weighted by molar-refractivity contribution is 5.51. The van der Waals surface area contributed by atoms with Crippen molar-refractivity contribution in [3.63, 3.8) is 0 Å². The lowest BCUT2D eigenvalue weighted by molar-refractivity contribution is 0.393. The van der Waals surface area contributed by atoms with E-state index < -0.39 is 11.6 Å². The first-order valence-electron chi connectivity index (χ1n) is 7.09. The maximum absolute atomic E-state index is 14.1. The van der Waals surface area contributed by atoms with E-state index in [1.165, 1.54) is 25.0 Å². The highest BCUT2D eigenvalue weighted by atomic mass is 19.1. The Labute approximate surface area is 112 Å². The maximum atomic E-state index is 14.1. The molecule has 2 fully saturated rings. The summed E-state index contributed by atoms with van der Waals surface area (Å²) in [4.78, 5) is 1.76. The first kappa shape index (κ1) is 12.9. The standard InChI is InChI=1S/C15H20F2N2/c1-19(12-3-2-4-12)15-13(16)7-10(8-14(15)17)9-18-11-5-6-11/h7-8,11-12,18H,2-6,9H2,1H3. The molecule has 1 N–H and O–H groups in total. The fourth-order valence-electron chi connectivity index (χ4n) is 2.56. The van der Waals surface area contributed by atoms with Crippen molar-refractivity contribution in [1.82, 2.24) is 5.32 Å². The van der Waals surface area contributed by atoms with Crippen LogP contribution >= 0.6 is 0 Å². The highest BCUT2D eigenvalue weighted by Crippen LogP contribution is 2.32. The van der Waals surface area contributed by atoms with Crippen molar-refractivity contribution in [2.45, 2.75) is 50.7 Å². The predicted molar refractivity (Wildman–Crippen MR) is 72.3 cm³/mol. The molecule has 2 nitrogen and oxygen atoms in total. The number of rotatable bonds is 5. The first-order valence-corrected chi connectivity index (χ1v) is 7.09. The zero-order chi connectivity index (χ0) is 13.4. The SMILES string of the molecule is CN(c1c(F)cc(CNC2CC2)cc1F)C1CCC1. The molecule has 0 radical (unpaired) electrons. The van der Waals surface area contributed by atoms with Crippen LogP contribution in [0.25, 0.3) is 0 Å². The van der Waals surface area contributed by atoms with Gasteiger partial charge in [0.15, 0.2) is 0 Å². The number of benzene rings is 1. The summed E-state index contributed by atoms with van der Waals surface area (Å²) in [5, 5.41) is 3.27. The Morgan fingerprint density at radius 2 is 1.79 bits per heavy atom. The van der Waals surface area contributed by atoms with E-state index in [2.05, 4.69) is 5.32 Å². The normalized spacial score (nSPS) is 19.3. The number of halogens is 2. The Morgan fingerprint density at radius 3 is 2.26 bits per heavy atom. The van der Waals surface area contributed by atoms with Crippen LogP contribution in [0.1, 0.15) is 37.7 Å². The van der Waals surface area contributed by atoms with E-state index in [1.54, 1.807) is 11.9 Å². The van der Waals surface area contributed by atoms with Crippen LogP contribution in [0.2, 0.25) is 0 Å². The molecule has 0 spiro atoms. The van der Waals surface area contributed by atoms with Gasteiger partial charge in [0.05, 0.1) is 0 Å². The second-order valence-corrected chi connectivity index (χ2v) is 5.76. The molecule has 1 aromatic rings. The van der Waals surface area contributed by atoms with Gasteiger partial charge in [-0.15, -0.1) is 0 Å². The molecule has 0 heterocycles. The molecule has 2 aliphatic carbocycles. The van der Waals surface area contributed by atoms with Gasteiger partial charge in [0, 0.05) is 25.7 Å². The van der Waals surface area contributed by atoms with Gasteiger partial charge in [-0.3, -0.25) is 0 Å². The zero-order valence-electron chi connectivity index (χ0n) is 11.3. The topological polar surface area (TPSA) is 15.3 Å². The summed E-state index contributed by atoms with van der Waals surface area (Å²) in [6, 6.07) is 3.76. The van der Waals surface area contributed by atoms with Gasteiger partial charge in [0.25, 0.3) is 0 Å². The van der Waals surface area contributed by atoms with Crippen molar-refractivity contribution in [3.05, 3.63) is 29.3 Å². The fraction of sp³-hybridized carbons (Fsp3) is 0.600. The summed E-state index contributed by atoms with van der Waals surface area (Å²) in [7, 11) is 1.79. The molecular weight excluding hydrogens is 246 g/mol. The lowest BCUT2D eigenvalue weighted by atomic mass is 9.91. The van der Waals surface area contributed by atoms with Crippen molar-refractivity contribution < 1.29 is 8.78 Å². The molecule has 1 aromatic carbocycles. The van der Waals surface area contributed by atoms with E-state index in [9.17, 15) is 8.78 Å². The molecule has 0 atom stereocenters. The lowest BCUT2D eigenvalue weighted by Crippen LogP contribution is -2.38. The Balaban J connectivity index is 1.75. The molecule has 104 valence electrons. The minimum Gasteiger partial charge on any atom is -0.367 e. The average Bonchev–Trinajstić information content (AvgIpc) is 3.06. The third kappa shape index (κ3) is 2.73. The lowest BCUT2D eigenvalue weighted by Gasteiger charge is -2.36. The summed E-state index contributed by atoms with van der Waals surface area (Å²) in [6.07, 6.45) is 5.56. The number of anilines is 1. The molecule has 0 amide bonds. The Kier molecular flexibility index (Phi) is 3.44. The van der Waals surface area contributed by atoms with Crippen LogP contribution in [0.5, 0.6) is 0 Å². The number of hydrogen-bond acceptors (Lipinski definition) is 2. The molecule has 19 heavy (non-hydrogen) atoms. The van der Waals surface area contributed by atoms with Gasteiger partial charge < -0.3 is 10.2 Å². The third-order valence-corrected chi connectivity index (χ3v) is 4.22. The quantitative estimate of drug-likeness (QED) is 0.880. The molecule has 4 heteroatoms. The third-order valence-electron chi connectivity index (χ3n) is 4.22.